The van der Waals surface area contributed by atoms with Crippen LogP contribution in [0.4, 0.5) is 0 Å². The number of allylic oxidation sites excluding steroid dienone is 12. The lowest BCUT2D eigenvalue weighted by atomic mass is 10.0. The predicted octanol–water partition coefficient (Wildman–Crippen LogP) is 17.5. The van der Waals surface area contributed by atoms with Crippen molar-refractivity contribution in [1.82, 2.24) is 5.32 Å². The minimum Gasteiger partial charge on any atom is -0.391 e. The summed E-state index contributed by atoms with van der Waals surface area (Å²) in [5.74, 6) is -0.147. The fourth-order valence-electron chi connectivity index (χ4n) is 8.23. The first-order valence-electron chi connectivity index (χ1n) is 28.8. The van der Waals surface area contributed by atoms with Gasteiger partial charge in [-0.15, -0.1) is 0 Å². The standard InChI is InChI=1S/C60H111N2O6P/c1-6-8-10-12-14-16-18-20-22-24-25-26-27-28-29-30-31-32-33-34-35-36-37-38-40-42-44-46-48-50-52-54-60(64)61-58(57-68-69(65,66)67-56-55-62(3,4)5)59(63)53-51-49-47-45-43-41-39-23-21-19-17-15-13-11-9-7-2/h8,10,14,16,20,22,25-26,28-29,31-32,58-59,63H,6-7,9,11-13,15,17-19,21,23-24,27,30,33-57H2,1-5H3,(H-,61,64,65,66)/p+1/b10-8-,16-14-,22-20-,26-25-,29-28-,32-31-. The molecule has 0 rings (SSSR count). The Hall–Kier alpha value is -2.06. The number of aliphatic hydroxyl groups excluding tert-OH is 1. The van der Waals surface area contributed by atoms with Crippen LogP contribution in [0.5, 0.6) is 0 Å². The quantitative estimate of drug-likeness (QED) is 0.0243. The Labute approximate surface area is 427 Å². The lowest BCUT2D eigenvalue weighted by molar-refractivity contribution is -0.870. The fourth-order valence-corrected chi connectivity index (χ4v) is 8.96. The van der Waals surface area contributed by atoms with Crippen molar-refractivity contribution in [2.75, 3.05) is 40.9 Å². The summed E-state index contributed by atoms with van der Waals surface area (Å²) in [6.07, 6.45) is 69.5. The Balaban J connectivity index is 4.12. The second-order valence-electron chi connectivity index (χ2n) is 20.6. The summed E-state index contributed by atoms with van der Waals surface area (Å²) in [7, 11) is 1.61. The number of quaternary nitrogens is 1. The maximum atomic E-state index is 13.0. The van der Waals surface area contributed by atoms with Crippen molar-refractivity contribution in [3.63, 3.8) is 0 Å². The average Bonchev–Trinajstić information content (AvgIpc) is 3.31. The fraction of sp³-hybridized carbons (Fsp3) is 0.783. The topological polar surface area (TPSA) is 105 Å². The first-order valence-corrected chi connectivity index (χ1v) is 30.3. The molecule has 0 aromatic heterocycles. The number of aliphatic hydroxyl groups is 1. The number of phosphoric ester groups is 1. The summed E-state index contributed by atoms with van der Waals surface area (Å²) >= 11 is 0. The molecule has 0 radical (unpaired) electrons. The highest BCUT2D eigenvalue weighted by Gasteiger charge is 2.28. The first kappa shape index (κ1) is 66.9. The van der Waals surface area contributed by atoms with Crippen molar-refractivity contribution in [3.05, 3.63) is 72.9 Å². The van der Waals surface area contributed by atoms with Crippen molar-refractivity contribution in [2.24, 2.45) is 0 Å². The van der Waals surface area contributed by atoms with Crippen LogP contribution in [0.25, 0.3) is 0 Å². The molecule has 3 unspecified atom stereocenters. The number of phosphoric acid groups is 1. The molecule has 69 heavy (non-hydrogen) atoms. The van der Waals surface area contributed by atoms with Crippen molar-refractivity contribution < 1.29 is 32.9 Å². The van der Waals surface area contributed by atoms with E-state index in [1.54, 1.807) is 0 Å². The highest BCUT2D eigenvalue weighted by Crippen LogP contribution is 2.43. The van der Waals surface area contributed by atoms with E-state index < -0.39 is 20.0 Å². The number of nitrogens with zero attached hydrogens (tertiary/aromatic N) is 1. The predicted molar refractivity (Wildman–Crippen MR) is 300 cm³/mol. The minimum atomic E-state index is -4.33. The van der Waals surface area contributed by atoms with E-state index in [-0.39, 0.29) is 19.1 Å². The molecule has 0 aliphatic carbocycles. The third-order valence-corrected chi connectivity index (χ3v) is 13.7. The summed E-state index contributed by atoms with van der Waals surface area (Å²) in [4.78, 5) is 23.3. The molecule has 0 saturated carbocycles. The molecule has 1 amide bonds. The van der Waals surface area contributed by atoms with Crippen LogP contribution < -0.4 is 5.32 Å². The van der Waals surface area contributed by atoms with Crippen LogP contribution >= 0.6 is 7.82 Å². The maximum absolute atomic E-state index is 13.0. The van der Waals surface area contributed by atoms with Gasteiger partial charge in [-0.2, -0.15) is 0 Å². The van der Waals surface area contributed by atoms with Gasteiger partial charge in [0.15, 0.2) is 0 Å². The van der Waals surface area contributed by atoms with Gasteiger partial charge in [0.1, 0.15) is 13.2 Å². The first-order chi connectivity index (χ1) is 33.5. The van der Waals surface area contributed by atoms with Crippen LogP contribution in [0.3, 0.4) is 0 Å². The van der Waals surface area contributed by atoms with E-state index >= 15 is 0 Å². The Morgan fingerprint density at radius 3 is 1.28 bits per heavy atom. The number of amides is 1. The van der Waals surface area contributed by atoms with Gasteiger partial charge in [0.05, 0.1) is 39.9 Å². The van der Waals surface area contributed by atoms with Gasteiger partial charge in [0.25, 0.3) is 0 Å². The van der Waals surface area contributed by atoms with E-state index in [1.807, 2.05) is 21.1 Å². The van der Waals surface area contributed by atoms with Crippen LogP contribution in [0, 0.1) is 0 Å². The van der Waals surface area contributed by atoms with E-state index in [0.29, 0.717) is 23.9 Å². The number of rotatable bonds is 52. The third kappa shape index (κ3) is 53.6. The van der Waals surface area contributed by atoms with E-state index in [1.165, 1.54) is 148 Å². The lowest BCUT2D eigenvalue weighted by Gasteiger charge is -2.26. The molecule has 402 valence electrons. The van der Waals surface area contributed by atoms with E-state index in [2.05, 4.69) is 92.1 Å². The molecule has 0 bridgehead atoms. The van der Waals surface area contributed by atoms with Gasteiger partial charge in [-0.3, -0.25) is 13.8 Å². The molecule has 3 N–H and O–H groups in total. The average molecular weight is 989 g/mol. The summed E-state index contributed by atoms with van der Waals surface area (Å²) in [5, 5.41) is 14.1. The van der Waals surface area contributed by atoms with Crippen molar-refractivity contribution in [2.45, 2.75) is 264 Å². The number of hydrogen-bond donors (Lipinski definition) is 3. The van der Waals surface area contributed by atoms with Gasteiger partial charge in [-0.1, -0.05) is 254 Å². The van der Waals surface area contributed by atoms with E-state index in [4.69, 9.17) is 9.05 Å². The normalized spacial score (nSPS) is 14.5. The van der Waals surface area contributed by atoms with E-state index in [0.717, 1.165) is 77.0 Å². The molecule has 8 nitrogen and oxygen atoms in total. The van der Waals surface area contributed by atoms with Gasteiger partial charge >= 0.3 is 7.82 Å². The molecule has 0 spiro atoms. The van der Waals surface area contributed by atoms with Crippen LogP contribution in [0.1, 0.15) is 251 Å². The van der Waals surface area contributed by atoms with Crippen LogP contribution in [0.2, 0.25) is 0 Å². The molecule has 0 aromatic carbocycles. The largest absolute Gasteiger partial charge is 0.472 e. The Morgan fingerprint density at radius 2 is 0.870 bits per heavy atom. The Morgan fingerprint density at radius 1 is 0.507 bits per heavy atom. The second kappa shape index (κ2) is 50.9. The second-order valence-corrected chi connectivity index (χ2v) is 22.1. The molecule has 0 heterocycles. The maximum Gasteiger partial charge on any atom is 0.472 e. The number of likely N-dealkylation sites (N-methyl/N-ethyl adjacent to an activating group) is 1. The van der Waals surface area contributed by atoms with E-state index in [9.17, 15) is 19.4 Å². The molecule has 9 heteroatoms. The monoisotopic (exact) mass is 988 g/mol. The number of carbonyl (C=O) groups excluding carboxylic acids is 1. The molecular weight excluding hydrogens is 876 g/mol. The summed E-state index contributed by atoms with van der Waals surface area (Å²) < 4.78 is 23.8. The van der Waals surface area contributed by atoms with Gasteiger partial charge in [0.2, 0.25) is 5.91 Å². The smallest absolute Gasteiger partial charge is 0.391 e. The zero-order valence-corrected chi connectivity index (χ0v) is 46.7. The molecule has 0 aromatic rings. The zero-order chi connectivity index (χ0) is 50.6. The minimum absolute atomic E-state index is 0.0723. The SMILES string of the molecule is CC/C=C\C/C=C\C/C=C\C/C=C\C/C=C\C/C=C\CCCCCCCCCCCCCCC(=O)NC(COP(=O)(O)OCC[N+](C)(C)C)C(O)CCCCCCCCCCCCCCCCCC. The lowest BCUT2D eigenvalue weighted by Crippen LogP contribution is -2.46. The highest BCUT2D eigenvalue weighted by molar-refractivity contribution is 7.47. The van der Waals surface area contributed by atoms with Crippen molar-refractivity contribution in [1.29, 1.82) is 0 Å². The molecule has 3 atom stereocenters. The van der Waals surface area contributed by atoms with Gasteiger partial charge < -0.3 is 19.8 Å². The summed E-state index contributed by atoms with van der Waals surface area (Å²) in [6.45, 7) is 4.79. The number of nitrogens with one attached hydrogen (secondary N) is 1. The molecule has 0 fully saturated rings. The van der Waals surface area contributed by atoms with Gasteiger partial charge in [-0.25, -0.2) is 4.57 Å². The number of hydrogen-bond acceptors (Lipinski definition) is 5. The molecule has 0 aliphatic rings. The van der Waals surface area contributed by atoms with Crippen LogP contribution in [-0.2, 0) is 18.4 Å². The summed E-state index contributed by atoms with van der Waals surface area (Å²) in [6, 6.07) is -0.765. The van der Waals surface area contributed by atoms with Gasteiger partial charge in [-0.05, 0) is 64.2 Å². The molecule has 0 saturated heterocycles. The number of unbranched alkanes of at least 4 members (excludes halogenated alkanes) is 27. The zero-order valence-electron chi connectivity index (χ0n) is 45.8. The Bertz CT molecular complexity index is 1350. The number of carbonyl (C=O) groups is 1. The van der Waals surface area contributed by atoms with Crippen molar-refractivity contribution >= 4 is 13.7 Å². The van der Waals surface area contributed by atoms with Gasteiger partial charge in [0, 0.05) is 6.42 Å². The van der Waals surface area contributed by atoms with Crippen LogP contribution in [0.15, 0.2) is 72.9 Å². The summed E-state index contributed by atoms with van der Waals surface area (Å²) in [5.41, 5.74) is 0. The van der Waals surface area contributed by atoms with Crippen molar-refractivity contribution in [3.8, 4) is 0 Å². The Kier molecular flexibility index (Phi) is 49.3. The highest BCUT2D eigenvalue weighted by atomic mass is 31.2. The molecular formula is C60H112N2O6P+. The van der Waals surface area contributed by atoms with Crippen LogP contribution in [-0.4, -0.2) is 73.4 Å². The third-order valence-electron chi connectivity index (χ3n) is 12.7. The molecule has 0 aliphatic heterocycles.